The Bertz CT molecular complexity index is 911. The number of ether oxygens (including phenoxy) is 1. The second-order valence-electron chi connectivity index (χ2n) is 7.76. The Morgan fingerprint density at radius 2 is 2.14 bits per heavy atom. The number of aliphatic hydroxyl groups is 1. The van der Waals surface area contributed by atoms with E-state index in [9.17, 15) is 23.1 Å². The molecule has 2 aromatic rings. The molecular weight excluding hydrogens is 389 g/mol. The smallest absolute Gasteiger partial charge is 0.416 e. The lowest BCUT2D eigenvalue weighted by atomic mass is 9.95. The van der Waals surface area contributed by atoms with Crippen molar-refractivity contribution in [1.29, 1.82) is 0 Å². The highest BCUT2D eigenvalue weighted by molar-refractivity contribution is 6.07. The number of carbonyl (C=O) groups is 1. The zero-order valence-electron chi connectivity index (χ0n) is 16.0. The van der Waals surface area contributed by atoms with E-state index in [1.165, 1.54) is 6.07 Å². The number of halogens is 3. The van der Waals surface area contributed by atoms with Crippen LogP contribution in [-0.4, -0.2) is 49.5 Å². The van der Waals surface area contributed by atoms with Crippen LogP contribution in [0.4, 0.5) is 18.9 Å². The topological polar surface area (TPSA) is 74.9 Å². The lowest BCUT2D eigenvalue weighted by Crippen LogP contribution is -2.38. The van der Waals surface area contributed by atoms with Gasteiger partial charge < -0.3 is 24.5 Å². The maximum absolute atomic E-state index is 13.2. The number of aliphatic hydroxyl groups excluding tert-OH is 1. The van der Waals surface area contributed by atoms with Gasteiger partial charge in [0, 0.05) is 30.9 Å². The fourth-order valence-corrected chi connectivity index (χ4v) is 3.92. The number of carbonyl (C=O) groups excluding carboxylic acids is 1. The van der Waals surface area contributed by atoms with Gasteiger partial charge in [-0.25, -0.2) is 0 Å². The van der Waals surface area contributed by atoms with Gasteiger partial charge in [0.15, 0.2) is 0 Å². The molecule has 3 heterocycles. The number of fused-ring (bicyclic) bond motifs is 3. The van der Waals surface area contributed by atoms with E-state index in [-0.39, 0.29) is 28.8 Å². The SMILES string of the molecule is CC1COC(CCN2CCNC(=O)c3oc4ccc(C(F)(F)F)cc4c32)CC1O. The van der Waals surface area contributed by atoms with Crippen molar-refractivity contribution in [2.75, 3.05) is 31.1 Å². The highest BCUT2D eigenvalue weighted by Gasteiger charge is 2.34. The molecule has 1 aromatic carbocycles. The van der Waals surface area contributed by atoms with Crippen LogP contribution >= 0.6 is 0 Å². The van der Waals surface area contributed by atoms with Crippen molar-refractivity contribution in [2.24, 2.45) is 5.92 Å². The average molecular weight is 412 g/mol. The van der Waals surface area contributed by atoms with E-state index in [2.05, 4.69) is 5.32 Å². The molecule has 6 nitrogen and oxygen atoms in total. The van der Waals surface area contributed by atoms with Crippen molar-refractivity contribution in [3.8, 4) is 0 Å². The second-order valence-corrected chi connectivity index (χ2v) is 7.76. The summed E-state index contributed by atoms with van der Waals surface area (Å²) >= 11 is 0. The van der Waals surface area contributed by atoms with Crippen molar-refractivity contribution in [3.63, 3.8) is 0 Å². The molecule has 158 valence electrons. The van der Waals surface area contributed by atoms with Crippen molar-refractivity contribution in [3.05, 3.63) is 29.5 Å². The van der Waals surface area contributed by atoms with E-state index in [1.807, 2.05) is 11.8 Å². The van der Waals surface area contributed by atoms with Gasteiger partial charge in [0.25, 0.3) is 5.91 Å². The summed E-state index contributed by atoms with van der Waals surface area (Å²) in [6, 6.07) is 3.23. The molecule has 9 heteroatoms. The molecule has 0 bridgehead atoms. The Balaban J connectivity index is 1.64. The number of anilines is 1. The first-order valence-corrected chi connectivity index (χ1v) is 9.70. The van der Waals surface area contributed by atoms with Gasteiger partial charge in [0.05, 0.1) is 30.1 Å². The van der Waals surface area contributed by atoms with Gasteiger partial charge in [0.2, 0.25) is 5.76 Å². The molecule has 0 spiro atoms. The third kappa shape index (κ3) is 3.93. The van der Waals surface area contributed by atoms with Crippen molar-refractivity contribution < 1.29 is 32.2 Å². The molecule has 1 aromatic heterocycles. The largest absolute Gasteiger partial charge is 0.449 e. The van der Waals surface area contributed by atoms with Gasteiger partial charge in [-0.1, -0.05) is 6.92 Å². The van der Waals surface area contributed by atoms with Gasteiger partial charge >= 0.3 is 6.18 Å². The first-order valence-electron chi connectivity index (χ1n) is 9.70. The molecule has 4 rings (SSSR count). The molecule has 0 radical (unpaired) electrons. The molecule has 1 amide bonds. The number of nitrogens with one attached hydrogen (secondary N) is 1. The first kappa shape index (κ1) is 20.0. The maximum Gasteiger partial charge on any atom is 0.416 e. The fraction of sp³-hybridized carbons (Fsp3) is 0.550. The standard InChI is InChI=1S/C20H23F3N2O4/c1-11-10-28-13(9-15(11)26)4-6-25-7-5-24-19(27)18-17(25)14-8-12(20(21,22)23)2-3-16(14)29-18/h2-3,8,11,13,15,26H,4-7,9-10H2,1H3,(H,24,27). The van der Waals surface area contributed by atoms with E-state index >= 15 is 0 Å². The number of nitrogens with zero attached hydrogens (tertiary/aromatic N) is 1. The second kappa shape index (κ2) is 7.53. The Labute approximate surface area is 165 Å². The molecule has 2 N–H and O–H groups in total. The molecule has 0 aliphatic carbocycles. The molecule has 3 atom stereocenters. The summed E-state index contributed by atoms with van der Waals surface area (Å²) < 4.78 is 51.0. The van der Waals surface area contributed by atoms with Crippen LogP contribution in [0.2, 0.25) is 0 Å². The van der Waals surface area contributed by atoms with Crippen LogP contribution in [0.15, 0.2) is 22.6 Å². The molecule has 3 unspecified atom stereocenters. The number of hydrogen-bond acceptors (Lipinski definition) is 5. The van der Waals surface area contributed by atoms with Crippen LogP contribution in [0.5, 0.6) is 0 Å². The van der Waals surface area contributed by atoms with Crippen LogP contribution in [-0.2, 0) is 10.9 Å². The predicted octanol–water partition coefficient (Wildman–Crippen LogP) is 3.18. The minimum Gasteiger partial charge on any atom is -0.449 e. The lowest BCUT2D eigenvalue weighted by Gasteiger charge is -2.33. The molecule has 1 fully saturated rings. The molecular formula is C20H23F3N2O4. The Morgan fingerprint density at radius 3 is 2.86 bits per heavy atom. The normalized spacial score (nSPS) is 25.6. The van der Waals surface area contributed by atoms with Crippen molar-refractivity contribution in [1.82, 2.24) is 5.32 Å². The monoisotopic (exact) mass is 412 g/mol. The summed E-state index contributed by atoms with van der Waals surface area (Å²) in [5, 5.41) is 13.1. The van der Waals surface area contributed by atoms with E-state index in [0.717, 1.165) is 12.1 Å². The predicted molar refractivity (Wildman–Crippen MR) is 99.9 cm³/mol. The number of benzene rings is 1. The van der Waals surface area contributed by atoms with Crippen LogP contribution in [0.25, 0.3) is 11.0 Å². The van der Waals surface area contributed by atoms with E-state index in [4.69, 9.17) is 9.15 Å². The fourth-order valence-electron chi connectivity index (χ4n) is 3.92. The van der Waals surface area contributed by atoms with Gasteiger partial charge in [-0.15, -0.1) is 0 Å². The summed E-state index contributed by atoms with van der Waals surface area (Å²) in [6.07, 6.45) is -3.95. The summed E-state index contributed by atoms with van der Waals surface area (Å²) in [6.45, 7) is 3.67. The highest BCUT2D eigenvalue weighted by atomic mass is 19.4. The molecule has 2 aliphatic rings. The number of furan rings is 1. The maximum atomic E-state index is 13.2. The van der Waals surface area contributed by atoms with E-state index in [0.29, 0.717) is 44.8 Å². The van der Waals surface area contributed by atoms with Crippen molar-refractivity contribution >= 4 is 22.6 Å². The minimum absolute atomic E-state index is 0.0232. The summed E-state index contributed by atoms with van der Waals surface area (Å²) in [5.74, 6) is -0.336. The molecule has 0 saturated carbocycles. The number of rotatable bonds is 3. The van der Waals surface area contributed by atoms with Crippen molar-refractivity contribution in [2.45, 2.75) is 38.1 Å². The summed E-state index contributed by atoms with van der Waals surface area (Å²) in [4.78, 5) is 14.2. The molecule has 2 aliphatic heterocycles. The Morgan fingerprint density at radius 1 is 1.34 bits per heavy atom. The Hall–Kier alpha value is -2.26. The van der Waals surface area contributed by atoms with Gasteiger partial charge in [-0.2, -0.15) is 13.2 Å². The first-order chi connectivity index (χ1) is 13.7. The van der Waals surface area contributed by atoms with E-state index in [1.54, 1.807) is 0 Å². The lowest BCUT2D eigenvalue weighted by molar-refractivity contribution is -0.137. The van der Waals surface area contributed by atoms with Crippen LogP contribution in [0.1, 0.15) is 35.9 Å². The quantitative estimate of drug-likeness (QED) is 0.810. The summed E-state index contributed by atoms with van der Waals surface area (Å²) in [5.41, 5.74) is -0.167. The van der Waals surface area contributed by atoms with Gasteiger partial charge in [-0.3, -0.25) is 4.79 Å². The third-order valence-electron chi connectivity index (χ3n) is 5.66. The third-order valence-corrected chi connectivity index (χ3v) is 5.66. The number of alkyl halides is 3. The summed E-state index contributed by atoms with van der Waals surface area (Å²) in [7, 11) is 0. The molecule has 1 saturated heterocycles. The van der Waals surface area contributed by atoms with E-state index < -0.39 is 23.8 Å². The Kier molecular flexibility index (Phi) is 5.20. The zero-order chi connectivity index (χ0) is 20.8. The average Bonchev–Trinajstić information content (AvgIpc) is 2.97. The number of amides is 1. The van der Waals surface area contributed by atoms with Gasteiger partial charge in [-0.05, 0) is 31.0 Å². The molecule has 29 heavy (non-hydrogen) atoms. The zero-order valence-corrected chi connectivity index (χ0v) is 16.0. The highest BCUT2D eigenvalue weighted by Crippen LogP contribution is 2.39. The number of hydrogen-bond donors (Lipinski definition) is 2. The van der Waals surface area contributed by atoms with Crippen LogP contribution in [0, 0.1) is 5.92 Å². The minimum atomic E-state index is -4.49. The van der Waals surface area contributed by atoms with Crippen LogP contribution < -0.4 is 10.2 Å². The van der Waals surface area contributed by atoms with Crippen LogP contribution in [0.3, 0.4) is 0 Å². The van der Waals surface area contributed by atoms with Gasteiger partial charge in [0.1, 0.15) is 5.58 Å².